The molecule has 2 amide bonds. The number of fused-ring (bicyclic) bond motifs is 5. The summed E-state index contributed by atoms with van der Waals surface area (Å²) in [6.45, 7) is 0. The lowest BCUT2D eigenvalue weighted by Crippen LogP contribution is -2.39. The first-order valence-corrected chi connectivity index (χ1v) is 9.36. The van der Waals surface area contributed by atoms with Gasteiger partial charge in [0.1, 0.15) is 11.0 Å². The molecule has 0 aliphatic carbocycles. The van der Waals surface area contributed by atoms with Gasteiger partial charge in [0.25, 0.3) is 0 Å². The second kappa shape index (κ2) is 5.72. The molecule has 3 aliphatic heterocycles. The lowest BCUT2D eigenvalue weighted by Gasteiger charge is -2.36. The van der Waals surface area contributed by atoms with E-state index in [4.69, 9.17) is 10.5 Å². The number of ether oxygens (including phenoxy) is 1. The summed E-state index contributed by atoms with van der Waals surface area (Å²) in [6, 6.07) is 15.9. The zero-order chi connectivity index (χ0) is 18.7. The maximum absolute atomic E-state index is 13.3. The van der Waals surface area contributed by atoms with Crippen LogP contribution >= 0.6 is 11.8 Å². The molecular formula is C20H14N2O4S. The lowest BCUT2D eigenvalue weighted by atomic mass is 9.77. The third kappa shape index (κ3) is 2.18. The molecule has 0 aromatic heterocycles. The van der Waals surface area contributed by atoms with Crippen molar-refractivity contribution in [1.82, 2.24) is 0 Å². The van der Waals surface area contributed by atoms with Crippen LogP contribution in [0.2, 0.25) is 0 Å². The van der Waals surface area contributed by atoms with Crippen LogP contribution in [0.25, 0.3) is 0 Å². The number of anilines is 1. The van der Waals surface area contributed by atoms with E-state index in [0.29, 0.717) is 17.0 Å². The van der Waals surface area contributed by atoms with Gasteiger partial charge in [0.15, 0.2) is 0 Å². The van der Waals surface area contributed by atoms with Crippen LogP contribution in [-0.4, -0.2) is 23.0 Å². The van der Waals surface area contributed by atoms with Crippen molar-refractivity contribution in [2.75, 3.05) is 4.90 Å². The Hall–Kier alpha value is -3.06. The highest BCUT2D eigenvalue weighted by molar-refractivity contribution is 8.04. The molecular weight excluding hydrogens is 364 g/mol. The van der Waals surface area contributed by atoms with E-state index >= 15 is 0 Å². The molecule has 5 rings (SSSR count). The van der Waals surface area contributed by atoms with Gasteiger partial charge in [0, 0.05) is 11.5 Å². The zero-order valence-electron chi connectivity index (χ0n) is 14.0. The van der Waals surface area contributed by atoms with E-state index in [9.17, 15) is 14.4 Å². The number of hydrogen-bond donors (Lipinski definition) is 1. The zero-order valence-corrected chi connectivity index (χ0v) is 14.8. The quantitative estimate of drug-likeness (QED) is 0.465. The summed E-state index contributed by atoms with van der Waals surface area (Å²) in [6.07, 6.45) is 0. The summed E-state index contributed by atoms with van der Waals surface area (Å²) in [5, 5.41) is -0.415. The number of thioether (sulfide) groups is 1. The Morgan fingerprint density at radius 3 is 2.41 bits per heavy atom. The van der Waals surface area contributed by atoms with Crippen LogP contribution in [0.1, 0.15) is 11.5 Å². The van der Waals surface area contributed by atoms with Gasteiger partial charge >= 0.3 is 5.97 Å². The Labute approximate surface area is 159 Å². The largest absolute Gasteiger partial charge is 0.423 e. The summed E-state index contributed by atoms with van der Waals surface area (Å²) in [5.74, 6) is -2.05. The number of para-hydroxylation sites is 2. The van der Waals surface area contributed by atoms with Crippen molar-refractivity contribution < 1.29 is 19.1 Å². The molecule has 27 heavy (non-hydrogen) atoms. The second-order valence-electron chi connectivity index (χ2n) is 6.59. The molecule has 0 radical (unpaired) electrons. The summed E-state index contributed by atoms with van der Waals surface area (Å²) < 4.78 is 5.39. The van der Waals surface area contributed by atoms with Crippen LogP contribution in [0.5, 0.6) is 5.75 Å². The molecule has 1 fully saturated rings. The van der Waals surface area contributed by atoms with E-state index in [0.717, 1.165) is 11.8 Å². The fourth-order valence-electron chi connectivity index (χ4n) is 4.04. The van der Waals surface area contributed by atoms with Crippen LogP contribution in [0.4, 0.5) is 5.69 Å². The number of nitrogens with two attached hydrogens (primary N) is 1. The summed E-state index contributed by atoms with van der Waals surface area (Å²) in [5.41, 5.74) is 7.65. The van der Waals surface area contributed by atoms with E-state index in [2.05, 4.69) is 0 Å². The molecule has 3 heterocycles. The molecule has 0 bridgehead atoms. The van der Waals surface area contributed by atoms with Crippen molar-refractivity contribution >= 4 is 35.2 Å². The summed E-state index contributed by atoms with van der Waals surface area (Å²) in [7, 11) is 0. The highest BCUT2D eigenvalue weighted by atomic mass is 32.2. The Balaban J connectivity index is 1.68. The SMILES string of the molecule is NC1=C2C(=O)Oc3ccccc3C2C2C(=O)N(c3ccccc3)C(=O)C2S1. The molecule has 7 heteroatoms. The van der Waals surface area contributed by atoms with E-state index < -0.39 is 23.1 Å². The molecule has 2 N–H and O–H groups in total. The topological polar surface area (TPSA) is 89.7 Å². The number of hydrogen-bond acceptors (Lipinski definition) is 6. The van der Waals surface area contributed by atoms with Crippen LogP contribution in [0, 0.1) is 5.92 Å². The normalized spacial score (nSPS) is 26.4. The van der Waals surface area contributed by atoms with Gasteiger partial charge in [0.05, 0.1) is 22.2 Å². The minimum Gasteiger partial charge on any atom is -0.423 e. The highest BCUT2D eigenvalue weighted by Crippen LogP contribution is 2.54. The lowest BCUT2D eigenvalue weighted by molar-refractivity contribution is -0.131. The second-order valence-corrected chi connectivity index (χ2v) is 7.78. The standard InChI is InChI=1S/C20H14N2O4S/c21-17-15-13(11-8-4-5-9-12(11)26-20(15)25)14-16(27-17)19(24)22(18(14)23)10-6-2-1-3-7-10/h1-9,13-14,16H,21H2. The van der Waals surface area contributed by atoms with Crippen molar-refractivity contribution in [2.45, 2.75) is 11.2 Å². The van der Waals surface area contributed by atoms with Gasteiger partial charge in [-0.05, 0) is 18.2 Å². The Kier molecular flexibility index (Phi) is 3.42. The van der Waals surface area contributed by atoms with Gasteiger partial charge in [0.2, 0.25) is 11.8 Å². The molecule has 3 aliphatic rings. The molecule has 2 aromatic carbocycles. The molecule has 3 atom stereocenters. The van der Waals surface area contributed by atoms with Crippen molar-refractivity contribution in [3.63, 3.8) is 0 Å². The molecule has 0 spiro atoms. The van der Waals surface area contributed by atoms with Gasteiger partial charge in [-0.15, -0.1) is 0 Å². The molecule has 3 unspecified atom stereocenters. The predicted octanol–water partition coefficient (Wildman–Crippen LogP) is 2.16. The first-order chi connectivity index (χ1) is 13.1. The van der Waals surface area contributed by atoms with E-state index in [1.807, 2.05) is 18.2 Å². The van der Waals surface area contributed by atoms with Crippen molar-refractivity contribution in [3.05, 3.63) is 70.8 Å². The Morgan fingerprint density at radius 2 is 1.63 bits per heavy atom. The van der Waals surface area contributed by atoms with E-state index in [1.54, 1.807) is 36.4 Å². The summed E-state index contributed by atoms with van der Waals surface area (Å²) >= 11 is 1.08. The fraction of sp³-hybridized carbons (Fsp3) is 0.150. The van der Waals surface area contributed by atoms with Crippen LogP contribution in [-0.2, 0) is 14.4 Å². The molecule has 1 saturated heterocycles. The van der Waals surface area contributed by atoms with E-state index in [-0.39, 0.29) is 22.4 Å². The third-order valence-electron chi connectivity index (χ3n) is 5.18. The molecule has 0 saturated carbocycles. The van der Waals surface area contributed by atoms with Gasteiger partial charge in [-0.25, -0.2) is 9.69 Å². The van der Waals surface area contributed by atoms with Crippen LogP contribution in [0.15, 0.2) is 65.2 Å². The number of carbonyl (C=O) groups is 3. The Morgan fingerprint density at radius 1 is 0.926 bits per heavy atom. The number of imide groups is 1. The minimum atomic E-state index is -0.695. The number of amides is 2. The van der Waals surface area contributed by atoms with Crippen molar-refractivity contribution in [2.24, 2.45) is 11.7 Å². The van der Waals surface area contributed by atoms with Crippen molar-refractivity contribution in [1.29, 1.82) is 0 Å². The summed E-state index contributed by atoms with van der Waals surface area (Å²) in [4.78, 5) is 40.1. The number of esters is 1. The average Bonchev–Trinajstić information content (AvgIpc) is 2.92. The molecule has 2 aromatic rings. The Bertz CT molecular complexity index is 1030. The van der Waals surface area contributed by atoms with Gasteiger partial charge < -0.3 is 10.5 Å². The van der Waals surface area contributed by atoms with Gasteiger partial charge in [-0.2, -0.15) is 0 Å². The van der Waals surface area contributed by atoms with Crippen LogP contribution < -0.4 is 15.4 Å². The number of benzene rings is 2. The van der Waals surface area contributed by atoms with Gasteiger partial charge in [-0.3, -0.25) is 9.59 Å². The average molecular weight is 378 g/mol. The first-order valence-electron chi connectivity index (χ1n) is 8.48. The first kappa shape index (κ1) is 16.1. The smallest absolute Gasteiger partial charge is 0.342 e. The third-order valence-corrected chi connectivity index (χ3v) is 6.40. The fourth-order valence-corrected chi connectivity index (χ4v) is 5.27. The monoisotopic (exact) mass is 378 g/mol. The van der Waals surface area contributed by atoms with Gasteiger partial charge in [-0.1, -0.05) is 48.2 Å². The molecule has 6 nitrogen and oxygen atoms in total. The highest BCUT2D eigenvalue weighted by Gasteiger charge is 2.58. The van der Waals surface area contributed by atoms with E-state index in [1.165, 1.54) is 4.90 Å². The predicted molar refractivity (Wildman–Crippen MR) is 99.8 cm³/mol. The van der Waals surface area contributed by atoms with Crippen molar-refractivity contribution in [3.8, 4) is 5.75 Å². The number of rotatable bonds is 1. The maximum atomic E-state index is 13.3. The number of nitrogens with zero attached hydrogens (tertiary/aromatic N) is 1. The minimum absolute atomic E-state index is 0.247. The number of carbonyl (C=O) groups excluding carboxylic acids is 3. The molecule has 134 valence electrons. The van der Waals surface area contributed by atoms with Crippen LogP contribution in [0.3, 0.4) is 0 Å². The maximum Gasteiger partial charge on any atom is 0.342 e.